The van der Waals surface area contributed by atoms with Crippen LogP contribution in [0.25, 0.3) is 0 Å². The molecule has 2 radical (unpaired) electrons. The van der Waals surface area contributed by atoms with E-state index in [1.165, 1.54) is 0 Å². The van der Waals surface area contributed by atoms with Crippen LogP contribution in [0.2, 0.25) is 0 Å². The van der Waals surface area contributed by atoms with E-state index >= 15 is 0 Å². The average Bonchev–Trinajstić information content (AvgIpc) is 0. The van der Waals surface area contributed by atoms with Gasteiger partial charge in [0.05, 0.1) is 0 Å². The molecule has 0 bridgehead atoms. The van der Waals surface area contributed by atoms with Crippen LogP contribution in [0.1, 0.15) is 1.43 Å². The summed E-state index contributed by atoms with van der Waals surface area (Å²) in [5.41, 5.74) is 0. The van der Waals surface area contributed by atoms with Crippen molar-refractivity contribution in [2.75, 3.05) is 0 Å². The zero-order chi connectivity index (χ0) is 0. The maximum Gasteiger partial charge on any atom is 1.00 e. The van der Waals surface area contributed by atoms with Crippen molar-refractivity contribution in [3.63, 3.8) is 0 Å². The number of hydrogen-bond acceptors (Lipinski definition) is 0. The molecule has 0 saturated heterocycles. The molecule has 0 N–H and O–H groups in total. The minimum absolute atomic E-state index is 0. The first kappa shape index (κ1) is 33.6. The molecule has 0 amide bonds. The molecule has 0 saturated carbocycles. The summed E-state index contributed by atoms with van der Waals surface area (Å²) in [6.45, 7) is 0. The van der Waals surface area contributed by atoms with Gasteiger partial charge in [0, 0.05) is 44.8 Å². The Labute approximate surface area is 141 Å². The summed E-state index contributed by atoms with van der Waals surface area (Å²) in [5, 5.41) is 0. The van der Waals surface area contributed by atoms with E-state index < -0.39 is 0 Å². The molecule has 0 heterocycles. The van der Waals surface area contributed by atoms with Crippen LogP contribution in [0.15, 0.2) is 0 Å². The van der Waals surface area contributed by atoms with Crippen molar-refractivity contribution in [2.24, 2.45) is 0 Å². The van der Waals surface area contributed by atoms with Gasteiger partial charge in [-0.2, -0.15) is 0 Å². The van der Waals surface area contributed by atoms with Crippen molar-refractivity contribution in [2.45, 2.75) is 0 Å². The smallest absolute Gasteiger partial charge is 1.00 e. The predicted octanol–water partition coefficient (Wildman–Crippen LogP) is -1.65. The summed E-state index contributed by atoms with van der Waals surface area (Å²) in [5.74, 6) is 0. The van der Waals surface area contributed by atoms with E-state index in [2.05, 4.69) is 0 Å². The van der Waals surface area contributed by atoms with Crippen LogP contribution in [0.4, 0.5) is 0 Å². The van der Waals surface area contributed by atoms with Gasteiger partial charge in [0.1, 0.15) is 0 Å². The van der Waals surface area contributed by atoms with Crippen LogP contribution < -0.4 is 51.4 Å². The fourth-order valence-corrected chi connectivity index (χ4v) is 0. The van der Waals surface area contributed by atoms with Crippen LogP contribution in [0.5, 0.6) is 0 Å². The minimum Gasteiger partial charge on any atom is -1.00 e. The van der Waals surface area contributed by atoms with E-state index in [-0.39, 0.29) is 146 Å². The standard InChI is InChI=1S/2Ag.2HI.K.H/h;;2*1H;;/q;;;;+1;-1. The molecule has 0 nitrogen and oxygen atoms in total. The second kappa shape index (κ2) is 23.5. The molecule has 0 unspecified atom stereocenters. The molecule has 0 aromatic heterocycles. The Balaban J connectivity index is 0. The molecule has 5 heteroatoms. The summed E-state index contributed by atoms with van der Waals surface area (Å²) in [6.07, 6.45) is 0. The Morgan fingerprint density at radius 2 is 0.800 bits per heavy atom. The van der Waals surface area contributed by atoms with Crippen LogP contribution in [-0.4, -0.2) is 0 Å². The van der Waals surface area contributed by atoms with Gasteiger partial charge in [-0.25, -0.2) is 0 Å². The summed E-state index contributed by atoms with van der Waals surface area (Å²) < 4.78 is 0. The molecule has 0 spiro atoms. The molecule has 5 heavy (non-hydrogen) atoms. The Hall–Kier alpha value is 4.58. The Morgan fingerprint density at radius 1 is 0.800 bits per heavy atom. The SMILES string of the molecule is I.I.[Ag].[Ag].[H-].[K+]. The van der Waals surface area contributed by atoms with Gasteiger partial charge in [-0.15, -0.1) is 48.0 Å². The second-order valence-electron chi connectivity index (χ2n) is 0. The molecule has 0 aliphatic carbocycles. The van der Waals surface area contributed by atoms with E-state index in [1.807, 2.05) is 0 Å². The van der Waals surface area contributed by atoms with E-state index in [0.29, 0.717) is 0 Å². The molecule has 0 rings (SSSR count). The third-order valence-electron chi connectivity index (χ3n) is 0. The van der Waals surface area contributed by atoms with Crippen molar-refractivity contribution in [3.8, 4) is 0 Å². The first-order chi connectivity index (χ1) is 0. The van der Waals surface area contributed by atoms with Crippen molar-refractivity contribution in [3.05, 3.63) is 0 Å². The van der Waals surface area contributed by atoms with Gasteiger partial charge in [-0.05, 0) is 0 Å². The first-order valence-corrected chi connectivity index (χ1v) is 0. The average molecular weight is 512 g/mol. The molecule has 0 aliphatic heterocycles. The fourth-order valence-electron chi connectivity index (χ4n) is 0. The maximum atomic E-state index is 0. The Kier molecular flexibility index (Phi) is 158. The Morgan fingerprint density at radius 3 is 0.800 bits per heavy atom. The van der Waals surface area contributed by atoms with E-state index in [0.717, 1.165) is 0 Å². The second-order valence-corrected chi connectivity index (χ2v) is 0. The Bertz CT molecular complexity index is 11.5. The van der Waals surface area contributed by atoms with Gasteiger partial charge < -0.3 is 1.43 Å². The maximum absolute atomic E-state index is 0. The first-order valence-electron chi connectivity index (χ1n) is 0. The van der Waals surface area contributed by atoms with E-state index in [4.69, 9.17) is 0 Å². The monoisotopic (exact) mass is 510 g/mol. The normalized spacial score (nSPS) is 0. The van der Waals surface area contributed by atoms with Crippen molar-refractivity contribution >= 4 is 48.0 Å². The summed E-state index contributed by atoms with van der Waals surface area (Å²) >= 11 is 0. The summed E-state index contributed by atoms with van der Waals surface area (Å²) in [6, 6.07) is 0. The molecular formula is H3Ag2I2K. The van der Waals surface area contributed by atoms with Crippen molar-refractivity contribution in [1.82, 2.24) is 0 Å². The van der Waals surface area contributed by atoms with E-state index in [9.17, 15) is 0 Å². The molecule has 0 aromatic carbocycles. The minimum atomic E-state index is 0. The molecule has 0 fully saturated rings. The zero-order valence-electron chi connectivity index (χ0n) is 3.42. The molecular weight excluding hydrogens is 509 g/mol. The van der Waals surface area contributed by atoms with Gasteiger partial charge in [0.15, 0.2) is 0 Å². The van der Waals surface area contributed by atoms with Gasteiger partial charge in [0.25, 0.3) is 0 Å². The third-order valence-corrected chi connectivity index (χ3v) is 0. The van der Waals surface area contributed by atoms with Gasteiger partial charge in [-0.1, -0.05) is 0 Å². The molecule has 0 aliphatic rings. The number of rotatable bonds is 0. The zero-order valence-corrected chi connectivity index (χ0v) is 13.2. The van der Waals surface area contributed by atoms with Crippen molar-refractivity contribution < 1.29 is 97.6 Å². The largest absolute Gasteiger partial charge is 1.00 e. The van der Waals surface area contributed by atoms with Gasteiger partial charge >= 0.3 is 51.4 Å². The molecule has 40 valence electrons. The van der Waals surface area contributed by atoms with Crippen LogP contribution in [0.3, 0.4) is 0 Å². The summed E-state index contributed by atoms with van der Waals surface area (Å²) in [4.78, 5) is 0. The van der Waals surface area contributed by atoms with Crippen LogP contribution >= 0.6 is 48.0 Å². The number of hydrogen-bond donors (Lipinski definition) is 0. The van der Waals surface area contributed by atoms with Crippen LogP contribution in [0, 0.1) is 0 Å². The quantitative estimate of drug-likeness (QED) is 0.270. The predicted molar refractivity (Wildman–Crippen MR) is 31.9 cm³/mol. The van der Waals surface area contributed by atoms with Crippen molar-refractivity contribution in [1.29, 1.82) is 0 Å². The van der Waals surface area contributed by atoms with E-state index in [1.54, 1.807) is 0 Å². The number of halogens is 2. The topological polar surface area (TPSA) is 0 Å². The molecule has 0 atom stereocenters. The summed E-state index contributed by atoms with van der Waals surface area (Å²) in [7, 11) is 0. The van der Waals surface area contributed by atoms with Gasteiger partial charge in [-0.3, -0.25) is 0 Å². The third kappa shape index (κ3) is 17.7. The molecule has 0 aromatic rings. The van der Waals surface area contributed by atoms with Gasteiger partial charge in [0.2, 0.25) is 0 Å². The van der Waals surface area contributed by atoms with Crippen LogP contribution in [-0.2, 0) is 44.8 Å². The fraction of sp³-hybridized carbons (Fsp3) is 0.